The van der Waals surface area contributed by atoms with Crippen LogP contribution in [0.15, 0.2) is 29.4 Å². The molecule has 0 saturated heterocycles. The van der Waals surface area contributed by atoms with Gasteiger partial charge < -0.3 is 5.32 Å². The highest BCUT2D eigenvalue weighted by Gasteiger charge is 2.29. The third-order valence-corrected chi connectivity index (χ3v) is 3.86. The third-order valence-electron chi connectivity index (χ3n) is 2.90. The first-order valence-corrected chi connectivity index (χ1v) is 7.98. The molecule has 0 radical (unpaired) electrons. The van der Waals surface area contributed by atoms with Crippen LogP contribution in [0.5, 0.6) is 0 Å². The monoisotopic (exact) mass is 374 g/mol. The van der Waals surface area contributed by atoms with E-state index in [-0.39, 0.29) is 11.0 Å². The standard InChI is InChI=1S/C15H14F4N4OS/c1-9(13(24)20-8-15(17,18)19)25-14-21-12(22-23-14)7-4-10-2-5-11(16)6-3-10/h2-7,9H,8H2,1H3,(H,20,24)(H,21,22,23)/b7-4+/t9-/m1/s1. The van der Waals surface area contributed by atoms with Crippen molar-refractivity contribution in [2.24, 2.45) is 0 Å². The number of H-pyrrole nitrogens is 1. The number of thioether (sulfide) groups is 1. The Hall–Kier alpha value is -2.36. The molecule has 2 aromatic rings. The van der Waals surface area contributed by atoms with Crippen molar-refractivity contribution in [1.82, 2.24) is 20.5 Å². The third kappa shape index (κ3) is 6.57. The van der Waals surface area contributed by atoms with Gasteiger partial charge in [-0.2, -0.15) is 13.2 Å². The summed E-state index contributed by atoms with van der Waals surface area (Å²) in [5, 5.41) is 7.77. The van der Waals surface area contributed by atoms with Crippen LogP contribution in [0.1, 0.15) is 18.3 Å². The number of alkyl halides is 3. The molecule has 1 aromatic heterocycles. The topological polar surface area (TPSA) is 70.7 Å². The molecule has 0 aliphatic carbocycles. The molecule has 134 valence electrons. The maximum atomic E-state index is 12.8. The number of carbonyl (C=O) groups is 1. The van der Waals surface area contributed by atoms with Gasteiger partial charge in [0.25, 0.3) is 0 Å². The fraction of sp³-hybridized carbons (Fsp3) is 0.267. The van der Waals surface area contributed by atoms with Crippen molar-refractivity contribution in [3.05, 3.63) is 41.5 Å². The van der Waals surface area contributed by atoms with E-state index in [4.69, 9.17) is 0 Å². The second kappa shape index (κ2) is 8.15. The van der Waals surface area contributed by atoms with Crippen LogP contribution < -0.4 is 5.32 Å². The van der Waals surface area contributed by atoms with Crippen LogP contribution in [0.25, 0.3) is 12.2 Å². The fourth-order valence-electron chi connectivity index (χ4n) is 1.68. The van der Waals surface area contributed by atoms with Gasteiger partial charge in [0, 0.05) is 0 Å². The van der Waals surface area contributed by atoms with Gasteiger partial charge in [-0.3, -0.25) is 9.89 Å². The van der Waals surface area contributed by atoms with Crippen LogP contribution in [-0.2, 0) is 4.79 Å². The second-order valence-electron chi connectivity index (χ2n) is 4.98. The lowest BCUT2D eigenvalue weighted by molar-refractivity contribution is -0.137. The number of amides is 1. The largest absolute Gasteiger partial charge is 0.405 e. The SMILES string of the molecule is C[C@@H](Sc1n[nH]c(/C=C/c2ccc(F)cc2)n1)C(=O)NCC(F)(F)F. The fourth-order valence-corrected chi connectivity index (χ4v) is 2.43. The molecule has 0 saturated carbocycles. The van der Waals surface area contributed by atoms with Gasteiger partial charge in [0.2, 0.25) is 11.1 Å². The van der Waals surface area contributed by atoms with Crippen LogP contribution in [0.2, 0.25) is 0 Å². The Bertz CT molecular complexity index is 743. The Morgan fingerprint density at radius 3 is 2.64 bits per heavy atom. The van der Waals surface area contributed by atoms with Crippen molar-refractivity contribution in [3.8, 4) is 0 Å². The van der Waals surface area contributed by atoms with Crippen LogP contribution in [-0.4, -0.2) is 39.1 Å². The molecule has 1 atom stereocenters. The van der Waals surface area contributed by atoms with Crippen LogP contribution in [0.4, 0.5) is 17.6 Å². The zero-order chi connectivity index (χ0) is 18.4. The van der Waals surface area contributed by atoms with E-state index in [1.165, 1.54) is 19.1 Å². The van der Waals surface area contributed by atoms with E-state index in [1.54, 1.807) is 29.6 Å². The predicted octanol–water partition coefficient (Wildman–Crippen LogP) is 3.27. The summed E-state index contributed by atoms with van der Waals surface area (Å²) in [6, 6.07) is 5.82. The molecule has 0 spiro atoms. The molecule has 0 bridgehead atoms. The molecule has 1 amide bonds. The zero-order valence-electron chi connectivity index (χ0n) is 13.0. The second-order valence-corrected chi connectivity index (χ2v) is 6.29. The van der Waals surface area contributed by atoms with Crippen molar-refractivity contribution < 1.29 is 22.4 Å². The maximum Gasteiger partial charge on any atom is 0.405 e. The van der Waals surface area contributed by atoms with Gasteiger partial charge in [0.1, 0.15) is 18.2 Å². The maximum absolute atomic E-state index is 12.8. The number of aromatic amines is 1. The molecule has 0 fully saturated rings. The lowest BCUT2D eigenvalue weighted by Gasteiger charge is -2.11. The van der Waals surface area contributed by atoms with E-state index in [2.05, 4.69) is 15.2 Å². The molecule has 0 aliphatic heterocycles. The van der Waals surface area contributed by atoms with E-state index in [0.29, 0.717) is 5.82 Å². The summed E-state index contributed by atoms with van der Waals surface area (Å²) in [4.78, 5) is 15.7. The molecule has 1 heterocycles. The van der Waals surface area contributed by atoms with E-state index in [1.807, 2.05) is 0 Å². The quantitative estimate of drug-likeness (QED) is 0.601. The molecule has 5 nitrogen and oxygen atoms in total. The highest BCUT2D eigenvalue weighted by molar-refractivity contribution is 8.00. The molecule has 0 unspecified atom stereocenters. The number of halogens is 4. The molecule has 0 aliphatic rings. The Morgan fingerprint density at radius 1 is 1.32 bits per heavy atom. The first kappa shape index (κ1) is 19.0. The predicted molar refractivity (Wildman–Crippen MR) is 86.1 cm³/mol. The number of rotatable bonds is 6. The van der Waals surface area contributed by atoms with Crippen molar-refractivity contribution in [3.63, 3.8) is 0 Å². The summed E-state index contributed by atoms with van der Waals surface area (Å²) in [6.45, 7) is 0.0805. The van der Waals surface area contributed by atoms with Crippen molar-refractivity contribution in [1.29, 1.82) is 0 Å². The molecule has 1 aromatic carbocycles. The van der Waals surface area contributed by atoms with Gasteiger partial charge in [-0.25, -0.2) is 9.37 Å². The highest BCUT2D eigenvalue weighted by atomic mass is 32.2. The minimum absolute atomic E-state index is 0.230. The van der Waals surface area contributed by atoms with E-state index < -0.39 is 23.9 Å². The average Bonchev–Trinajstić information content (AvgIpc) is 2.98. The minimum atomic E-state index is -4.46. The number of hydrogen-bond donors (Lipinski definition) is 2. The zero-order valence-corrected chi connectivity index (χ0v) is 13.8. The van der Waals surface area contributed by atoms with Gasteiger partial charge in [-0.05, 0) is 30.7 Å². The van der Waals surface area contributed by atoms with Crippen molar-refractivity contribution in [2.45, 2.75) is 23.5 Å². The molecule has 25 heavy (non-hydrogen) atoms. The van der Waals surface area contributed by atoms with Gasteiger partial charge in [0.15, 0.2) is 0 Å². The summed E-state index contributed by atoms with van der Waals surface area (Å²) in [7, 11) is 0. The van der Waals surface area contributed by atoms with Gasteiger partial charge in [-0.1, -0.05) is 30.0 Å². The van der Waals surface area contributed by atoms with E-state index >= 15 is 0 Å². The summed E-state index contributed by atoms with van der Waals surface area (Å²) in [5.74, 6) is -0.696. The lowest BCUT2D eigenvalue weighted by Crippen LogP contribution is -2.38. The molecule has 2 rings (SSSR count). The number of hydrogen-bond acceptors (Lipinski definition) is 4. The number of aromatic nitrogens is 3. The molecule has 2 N–H and O–H groups in total. The number of carbonyl (C=O) groups excluding carboxylic acids is 1. The van der Waals surface area contributed by atoms with Gasteiger partial charge in [-0.15, -0.1) is 5.10 Å². The summed E-state index contributed by atoms with van der Waals surface area (Å²) in [5.41, 5.74) is 0.756. The lowest BCUT2D eigenvalue weighted by atomic mass is 10.2. The van der Waals surface area contributed by atoms with Crippen molar-refractivity contribution >= 4 is 29.8 Å². The van der Waals surface area contributed by atoms with Gasteiger partial charge >= 0.3 is 6.18 Å². The summed E-state index contributed by atoms with van der Waals surface area (Å²) in [6.07, 6.45) is -1.16. The Balaban J connectivity index is 1.90. The number of nitrogens with one attached hydrogen (secondary N) is 2. The summed E-state index contributed by atoms with van der Waals surface area (Å²) < 4.78 is 49.0. The number of benzene rings is 1. The Morgan fingerprint density at radius 2 is 2.00 bits per heavy atom. The number of nitrogens with zero attached hydrogens (tertiary/aromatic N) is 2. The Kier molecular flexibility index (Phi) is 6.18. The van der Waals surface area contributed by atoms with Crippen molar-refractivity contribution in [2.75, 3.05) is 6.54 Å². The van der Waals surface area contributed by atoms with Crippen LogP contribution in [0, 0.1) is 5.82 Å². The Labute approximate surface area is 144 Å². The molecular formula is C15H14F4N4OS. The van der Waals surface area contributed by atoms with E-state index in [9.17, 15) is 22.4 Å². The smallest absolute Gasteiger partial charge is 0.346 e. The molecule has 10 heteroatoms. The first-order valence-electron chi connectivity index (χ1n) is 7.10. The summed E-state index contributed by atoms with van der Waals surface area (Å²) >= 11 is 0.930. The van der Waals surface area contributed by atoms with Crippen LogP contribution >= 0.6 is 11.8 Å². The first-order chi connectivity index (χ1) is 11.7. The normalized spacial score (nSPS) is 13.2. The van der Waals surface area contributed by atoms with E-state index in [0.717, 1.165) is 17.3 Å². The highest BCUT2D eigenvalue weighted by Crippen LogP contribution is 2.20. The van der Waals surface area contributed by atoms with Crippen LogP contribution in [0.3, 0.4) is 0 Å². The average molecular weight is 374 g/mol. The van der Waals surface area contributed by atoms with Gasteiger partial charge in [0.05, 0.1) is 5.25 Å². The molecular weight excluding hydrogens is 360 g/mol. The minimum Gasteiger partial charge on any atom is -0.346 e.